The Morgan fingerprint density at radius 2 is 2.00 bits per heavy atom. The van der Waals surface area contributed by atoms with Gasteiger partial charge in [-0.2, -0.15) is 0 Å². The molecule has 2 N–H and O–H groups in total. The lowest BCUT2D eigenvalue weighted by molar-refractivity contribution is 0.559. The second-order valence-electron chi connectivity index (χ2n) is 4.14. The quantitative estimate of drug-likeness (QED) is 0.903. The van der Waals surface area contributed by atoms with Crippen molar-refractivity contribution in [3.63, 3.8) is 0 Å². The third kappa shape index (κ3) is 3.60. The van der Waals surface area contributed by atoms with Crippen LogP contribution >= 0.6 is 27.3 Å². The Balaban J connectivity index is 2.00. The van der Waals surface area contributed by atoms with Gasteiger partial charge in [0.25, 0.3) is 0 Å². The van der Waals surface area contributed by atoms with E-state index in [-0.39, 0.29) is 6.04 Å². The van der Waals surface area contributed by atoms with E-state index in [1.54, 1.807) is 11.3 Å². The summed E-state index contributed by atoms with van der Waals surface area (Å²) in [7, 11) is 0. The Kier molecular flexibility index (Phi) is 4.48. The highest BCUT2D eigenvalue weighted by atomic mass is 79.9. The number of hydrogen-bond acceptors (Lipinski definition) is 2. The number of thiophene rings is 1. The number of benzene rings is 1. The van der Waals surface area contributed by atoms with Crippen LogP contribution in [0, 0.1) is 11.6 Å². The summed E-state index contributed by atoms with van der Waals surface area (Å²) in [4.78, 5) is 1.15. The van der Waals surface area contributed by atoms with E-state index in [1.165, 1.54) is 12.1 Å². The molecular weight excluding hydrogens is 320 g/mol. The van der Waals surface area contributed by atoms with Crippen molar-refractivity contribution in [2.24, 2.45) is 5.73 Å². The smallest absolute Gasteiger partial charge is 0.129 e. The van der Waals surface area contributed by atoms with Gasteiger partial charge in [-0.25, -0.2) is 8.78 Å². The molecule has 0 fully saturated rings. The molecule has 1 unspecified atom stereocenters. The molecule has 1 nitrogen and oxygen atoms in total. The van der Waals surface area contributed by atoms with Gasteiger partial charge in [0.1, 0.15) is 11.6 Å². The minimum atomic E-state index is -0.563. The SMILES string of the molecule is NC(Cc1cc(Br)cs1)Cc1ccc(F)cc1F. The molecule has 0 aliphatic carbocycles. The van der Waals surface area contributed by atoms with Gasteiger partial charge in [-0.3, -0.25) is 0 Å². The lowest BCUT2D eigenvalue weighted by Crippen LogP contribution is -2.25. The van der Waals surface area contributed by atoms with Gasteiger partial charge in [-0.1, -0.05) is 6.07 Å². The summed E-state index contributed by atoms with van der Waals surface area (Å²) in [5.41, 5.74) is 6.44. The molecule has 1 heterocycles. The van der Waals surface area contributed by atoms with Crippen molar-refractivity contribution in [1.82, 2.24) is 0 Å². The molecule has 18 heavy (non-hydrogen) atoms. The zero-order chi connectivity index (χ0) is 13.1. The normalized spacial score (nSPS) is 12.7. The first-order chi connectivity index (χ1) is 8.54. The molecule has 0 saturated carbocycles. The maximum atomic E-state index is 13.5. The van der Waals surface area contributed by atoms with Crippen LogP contribution in [0.25, 0.3) is 0 Å². The van der Waals surface area contributed by atoms with Crippen molar-refractivity contribution in [3.05, 3.63) is 56.2 Å². The summed E-state index contributed by atoms with van der Waals surface area (Å²) in [6.45, 7) is 0. The predicted octanol–water partition coefficient (Wildman–Crippen LogP) is 3.90. The first-order valence-electron chi connectivity index (χ1n) is 5.47. The zero-order valence-electron chi connectivity index (χ0n) is 9.50. The Hall–Kier alpha value is -0.780. The monoisotopic (exact) mass is 331 g/mol. The van der Waals surface area contributed by atoms with Gasteiger partial charge in [0.15, 0.2) is 0 Å². The molecule has 0 saturated heterocycles. The van der Waals surface area contributed by atoms with E-state index in [9.17, 15) is 8.78 Å². The van der Waals surface area contributed by atoms with Crippen molar-refractivity contribution in [1.29, 1.82) is 0 Å². The highest BCUT2D eigenvalue weighted by molar-refractivity contribution is 9.10. The lowest BCUT2D eigenvalue weighted by Gasteiger charge is -2.11. The first kappa shape index (κ1) is 13.6. The summed E-state index contributed by atoms with van der Waals surface area (Å²) in [6, 6.07) is 5.44. The molecule has 0 aliphatic heterocycles. The molecule has 2 rings (SSSR count). The maximum Gasteiger partial charge on any atom is 0.129 e. The highest BCUT2D eigenvalue weighted by Gasteiger charge is 2.11. The van der Waals surface area contributed by atoms with Crippen molar-refractivity contribution < 1.29 is 8.78 Å². The third-order valence-electron chi connectivity index (χ3n) is 2.58. The second-order valence-corrected chi connectivity index (χ2v) is 6.05. The minimum absolute atomic E-state index is 0.171. The van der Waals surface area contributed by atoms with Gasteiger partial charge in [0, 0.05) is 26.8 Å². The number of nitrogens with two attached hydrogens (primary N) is 1. The Morgan fingerprint density at radius 1 is 1.22 bits per heavy atom. The van der Waals surface area contributed by atoms with Gasteiger partial charge in [0.2, 0.25) is 0 Å². The van der Waals surface area contributed by atoms with Crippen molar-refractivity contribution >= 4 is 27.3 Å². The molecule has 0 radical (unpaired) electrons. The summed E-state index contributed by atoms with van der Waals surface area (Å²) in [5, 5.41) is 1.99. The van der Waals surface area contributed by atoms with Crippen LogP contribution in [-0.2, 0) is 12.8 Å². The molecule has 5 heteroatoms. The average Bonchev–Trinajstić information content (AvgIpc) is 2.68. The van der Waals surface area contributed by atoms with Crippen LogP contribution in [0.5, 0.6) is 0 Å². The largest absolute Gasteiger partial charge is 0.327 e. The van der Waals surface area contributed by atoms with E-state index >= 15 is 0 Å². The van der Waals surface area contributed by atoms with E-state index in [2.05, 4.69) is 15.9 Å². The zero-order valence-corrected chi connectivity index (χ0v) is 11.9. The minimum Gasteiger partial charge on any atom is -0.327 e. The number of rotatable bonds is 4. The lowest BCUT2D eigenvalue weighted by atomic mass is 10.0. The number of halogens is 3. The van der Waals surface area contributed by atoms with Crippen LogP contribution in [0.3, 0.4) is 0 Å². The molecule has 1 aromatic carbocycles. The topological polar surface area (TPSA) is 26.0 Å². The van der Waals surface area contributed by atoms with Crippen LogP contribution in [0.15, 0.2) is 34.1 Å². The van der Waals surface area contributed by atoms with Crippen LogP contribution in [0.1, 0.15) is 10.4 Å². The summed E-state index contributed by atoms with van der Waals surface area (Å²) < 4.78 is 27.2. The molecule has 0 aliphatic rings. The standard InChI is InChI=1S/C13H12BrF2NS/c14-9-4-12(18-7-9)6-11(17)3-8-1-2-10(15)5-13(8)16/h1-2,4-5,7,11H,3,6,17H2. The van der Waals surface area contributed by atoms with E-state index in [0.29, 0.717) is 18.4 Å². The summed E-state index contributed by atoms with van der Waals surface area (Å²) >= 11 is 4.99. The van der Waals surface area contributed by atoms with E-state index in [1.807, 2.05) is 11.4 Å². The van der Waals surface area contributed by atoms with E-state index in [4.69, 9.17) is 5.73 Å². The van der Waals surface area contributed by atoms with Crippen LogP contribution in [0.4, 0.5) is 8.78 Å². The maximum absolute atomic E-state index is 13.5. The molecule has 0 bridgehead atoms. The van der Waals surface area contributed by atoms with Gasteiger partial charge < -0.3 is 5.73 Å². The summed E-state index contributed by atoms with van der Waals surface area (Å²) in [6.07, 6.45) is 1.09. The van der Waals surface area contributed by atoms with Crippen molar-refractivity contribution in [2.75, 3.05) is 0 Å². The molecule has 0 amide bonds. The second kappa shape index (κ2) is 5.91. The Labute approximate surface area is 117 Å². The molecule has 1 atom stereocenters. The molecular formula is C13H12BrF2NS. The Morgan fingerprint density at radius 3 is 2.61 bits per heavy atom. The van der Waals surface area contributed by atoms with Crippen LogP contribution in [0.2, 0.25) is 0 Å². The Bertz CT molecular complexity index is 542. The van der Waals surface area contributed by atoms with Gasteiger partial charge in [-0.15, -0.1) is 11.3 Å². The van der Waals surface area contributed by atoms with Gasteiger partial charge in [-0.05, 0) is 46.5 Å². The van der Waals surface area contributed by atoms with Gasteiger partial charge >= 0.3 is 0 Å². The average molecular weight is 332 g/mol. The molecule has 96 valence electrons. The van der Waals surface area contributed by atoms with Crippen molar-refractivity contribution in [2.45, 2.75) is 18.9 Å². The number of hydrogen-bond donors (Lipinski definition) is 1. The highest BCUT2D eigenvalue weighted by Crippen LogP contribution is 2.21. The van der Waals surface area contributed by atoms with Crippen LogP contribution in [-0.4, -0.2) is 6.04 Å². The molecule has 2 aromatic rings. The fraction of sp³-hybridized carbons (Fsp3) is 0.231. The van der Waals surface area contributed by atoms with Gasteiger partial charge in [0.05, 0.1) is 0 Å². The van der Waals surface area contributed by atoms with E-state index in [0.717, 1.165) is 15.4 Å². The molecule has 0 spiro atoms. The van der Waals surface area contributed by atoms with Crippen molar-refractivity contribution in [3.8, 4) is 0 Å². The van der Waals surface area contributed by atoms with Crippen LogP contribution < -0.4 is 5.73 Å². The predicted molar refractivity (Wildman–Crippen MR) is 73.8 cm³/mol. The summed E-state index contributed by atoms with van der Waals surface area (Å²) in [5.74, 6) is -1.09. The molecule has 1 aromatic heterocycles. The van der Waals surface area contributed by atoms with E-state index < -0.39 is 11.6 Å². The third-order valence-corrected chi connectivity index (χ3v) is 4.30. The fourth-order valence-electron chi connectivity index (χ4n) is 1.76. The first-order valence-corrected chi connectivity index (χ1v) is 7.14. The fourth-order valence-corrected chi connectivity index (χ4v) is 3.31.